The third kappa shape index (κ3) is 2.85. The highest BCUT2D eigenvalue weighted by Crippen LogP contribution is 2.31. The lowest BCUT2D eigenvalue weighted by molar-refractivity contribution is 1.00. The maximum atomic E-state index is 9.69. The van der Waals surface area contributed by atoms with E-state index in [0.717, 1.165) is 39.4 Å². The predicted molar refractivity (Wildman–Crippen MR) is 108 cm³/mol. The van der Waals surface area contributed by atoms with Crippen molar-refractivity contribution < 1.29 is 0 Å². The summed E-state index contributed by atoms with van der Waals surface area (Å²) in [6.07, 6.45) is 0.820. The Balaban J connectivity index is 1.89. The minimum Gasteiger partial charge on any atom is -0.286 e. The minimum atomic E-state index is 0.684. The Morgan fingerprint density at radius 1 is 1.12 bits per heavy atom. The molecule has 3 nitrogen and oxygen atoms in total. The third-order valence-corrected chi connectivity index (χ3v) is 5.66. The second-order valence-electron chi connectivity index (χ2n) is 6.39. The Morgan fingerprint density at radius 3 is 2.73 bits per heavy atom. The van der Waals surface area contributed by atoms with Crippen molar-refractivity contribution in [3.63, 3.8) is 0 Å². The van der Waals surface area contributed by atoms with Crippen LogP contribution in [0.5, 0.6) is 0 Å². The first-order chi connectivity index (χ1) is 12.7. The summed E-state index contributed by atoms with van der Waals surface area (Å²) >= 11 is 1.79. The van der Waals surface area contributed by atoms with E-state index in [4.69, 9.17) is 4.98 Å². The molecule has 0 bridgehead atoms. The van der Waals surface area contributed by atoms with Crippen molar-refractivity contribution in [2.24, 2.45) is 0 Å². The summed E-state index contributed by atoms with van der Waals surface area (Å²) in [6, 6.07) is 21.2. The van der Waals surface area contributed by atoms with E-state index >= 15 is 0 Å². The number of para-hydroxylation sites is 2. The molecule has 0 unspecified atom stereocenters. The molecule has 0 saturated carbocycles. The van der Waals surface area contributed by atoms with Crippen LogP contribution in [0.15, 0.2) is 59.6 Å². The Labute approximate surface area is 157 Å². The van der Waals surface area contributed by atoms with Gasteiger partial charge in [-0.05, 0) is 42.7 Å². The molecule has 4 aromatic rings. The van der Waals surface area contributed by atoms with Crippen molar-refractivity contribution in [3.8, 4) is 6.07 Å². The number of nitriles is 1. The quantitative estimate of drug-likeness (QED) is 0.451. The fourth-order valence-electron chi connectivity index (χ4n) is 3.31. The molecule has 0 fully saturated rings. The van der Waals surface area contributed by atoms with Gasteiger partial charge in [0.25, 0.3) is 0 Å². The zero-order valence-electron chi connectivity index (χ0n) is 14.9. The van der Waals surface area contributed by atoms with E-state index in [9.17, 15) is 5.26 Å². The normalized spacial score (nSPS) is 11.1. The molecule has 128 valence electrons. The van der Waals surface area contributed by atoms with Gasteiger partial charge >= 0.3 is 0 Å². The molecule has 0 amide bonds. The van der Waals surface area contributed by atoms with Crippen LogP contribution in [0.25, 0.3) is 16.7 Å². The fourth-order valence-corrected chi connectivity index (χ4v) is 4.35. The molecule has 0 atom stereocenters. The molecular weight excluding hydrogens is 338 g/mol. The first-order valence-corrected chi connectivity index (χ1v) is 9.71. The molecule has 4 rings (SSSR count). The van der Waals surface area contributed by atoms with Gasteiger partial charge in [0.2, 0.25) is 0 Å². The van der Waals surface area contributed by atoms with Gasteiger partial charge in [0, 0.05) is 5.75 Å². The second kappa shape index (κ2) is 6.86. The molecule has 0 aliphatic carbocycles. The van der Waals surface area contributed by atoms with Crippen molar-refractivity contribution in [1.29, 1.82) is 5.26 Å². The van der Waals surface area contributed by atoms with Gasteiger partial charge in [0.15, 0.2) is 5.65 Å². The van der Waals surface area contributed by atoms with E-state index in [1.54, 1.807) is 11.8 Å². The van der Waals surface area contributed by atoms with E-state index in [1.165, 1.54) is 11.1 Å². The predicted octanol–water partition coefficient (Wildman–Crippen LogP) is 5.52. The number of hydrogen-bond acceptors (Lipinski definition) is 3. The molecular formula is C22H19N3S. The average Bonchev–Trinajstić information content (AvgIpc) is 3.05. The molecule has 2 aromatic heterocycles. The van der Waals surface area contributed by atoms with Crippen molar-refractivity contribution in [2.75, 3.05) is 0 Å². The lowest BCUT2D eigenvalue weighted by atomic mass is 10.1. The van der Waals surface area contributed by atoms with Gasteiger partial charge in [-0.15, -0.1) is 11.8 Å². The van der Waals surface area contributed by atoms with Crippen molar-refractivity contribution >= 4 is 28.4 Å². The lowest BCUT2D eigenvalue weighted by Gasteiger charge is -2.11. The summed E-state index contributed by atoms with van der Waals surface area (Å²) in [5, 5.41) is 10.8. The number of imidazole rings is 1. The van der Waals surface area contributed by atoms with Crippen LogP contribution in [0.2, 0.25) is 0 Å². The number of thioether (sulfide) groups is 1. The van der Waals surface area contributed by atoms with E-state index in [0.29, 0.717) is 5.56 Å². The van der Waals surface area contributed by atoms with E-state index in [-0.39, 0.29) is 0 Å². The molecule has 0 aliphatic heterocycles. The van der Waals surface area contributed by atoms with E-state index in [1.807, 2.05) is 18.2 Å². The Morgan fingerprint density at radius 2 is 1.96 bits per heavy atom. The van der Waals surface area contributed by atoms with E-state index in [2.05, 4.69) is 60.7 Å². The summed E-state index contributed by atoms with van der Waals surface area (Å²) < 4.78 is 2.13. The Hall–Kier alpha value is -2.77. The molecule has 0 N–H and O–H groups in total. The van der Waals surface area contributed by atoms with Crippen LogP contribution in [0, 0.1) is 18.3 Å². The lowest BCUT2D eigenvalue weighted by Crippen LogP contribution is -1.99. The molecule has 2 heterocycles. The monoisotopic (exact) mass is 357 g/mol. The molecule has 0 radical (unpaired) electrons. The van der Waals surface area contributed by atoms with Gasteiger partial charge in [0.05, 0.1) is 21.6 Å². The average molecular weight is 357 g/mol. The fraction of sp³-hybridized carbons (Fsp3) is 0.182. The van der Waals surface area contributed by atoms with Crippen LogP contribution in [0.3, 0.4) is 0 Å². The van der Waals surface area contributed by atoms with Crippen LogP contribution in [0.1, 0.15) is 29.2 Å². The molecule has 4 heteroatoms. The zero-order chi connectivity index (χ0) is 18.1. The third-order valence-electron chi connectivity index (χ3n) is 4.59. The van der Waals surface area contributed by atoms with Crippen LogP contribution < -0.4 is 0 Å². The first-order valence-electron chi connectivity index (χ1n) is 8.72. The highest BCUT2D eigenvalue weighted by atomic mass is 32.2. The zero-order valence-corrected chi connectivity index (χ0v) is 15.7. The van der Waals surface area contributed by atoms with Crippen molar-refractivity contribution in [1.82, 2.24) is 9.38 Å². The van der Waals surface area contributed by atoms with Gasteiger partial charge in [-0.2, -0.15) is 5.26 Å². The summed E-state index contributed by atoms with van der Waals surface area (Å²) in [6.45, 7) is 4.21. The summed E-state index contributed by atoms with van der Waals surface area (Å²) in [7, 11) is 0. The number of pyridine rings is 1. The number of aryl methyl sites for hydroxylation is 2. The summed E-state index contributed by atoms with van der Waals surface area (Å²) in [5.41, 5.74) is 7.05. The summed E-state index contributed by atoms with van der Waals surface area (Å²) in [4.78, 5) is 4.75. The molecule has 0 aliphatic rings. The number of nitrogens with zero attached hydrogens (tertiary/aromatic N) is 3. The van der Waals surface area contributed by atoms with Gasteiger partial charge in [-0.1, -0.05) is 48.9 Å². The molecule has 0 spiro atoms. The van der Waals surface area contributed by atoms with Crippen LogP contribution >= 0.6 is 11.8 Å². The van der Waals surface area contributed by atoms with Gasteiger partial charge in [-0.3, -0.25) is 4.40 Å². The van der Waals surface area contributed by atoms with Crippen molar-refractivity contribution in [3.05, 3.63) is 76.9 Å². The number of rotatable bonds is 4. The van der Waals surface area contributed by atoms with Gasteiger partial charge in [-0.25, -0.2) is 4.98 Å². The molecule has 0 saturated heterocycles. The molecule has 2 aromatic carbocycles. The summed E-state index contributed by atoms with van der Waals surface area (Å²) in [5.74, 6) is 0.887. The smallest absolute Gasteiger partial charge is 0.157 e. The highest BCUT2D eigenvalue weighted by Gasteiger charge is 2.16. The standard InChI is InChI=1S/C22H19N3S/c1-3-17-12-21(26-14-16-8-6-7-15(2)11-16)25-20-10-5-4-9-19(20)24-22(25)18(17)13-23/h4-12H,3,14H2,1-2H3. The van der Waals surface area contributed by atoms with Gasteiger partial charge in [0.1, 0.15) is 6.07 Å². The number of aromatic nitrogens is 2. The van der Waals surface area contributed by atoms with Crippen LogP contribution in [-0.4, -0.2) is 9.38 Å². The van der Waals surface area contributed by atoms with Gasteiger partial charge < -0.3 is 0 Å². The maximum Gasteiger partial charge on any atom is 0.157 e. The number of hydrogen-bond donors (Lipinski definition) is 0. The van der Waals surface area contributed by atoms with Crippen LogP contribution in [-0.2, 0) is 12.2 Å². The number of benzene rings is 2. The maximum absolute atomic E-state index is 9.69. The molecule has 26 heavy (non-hydrogen) atoms. The highest BCUT2D eigenvalue weighted by molar-refractivity contribution is 7.98. The SMILES string of the molecule is CCc1cc(SCc2cccc(C)c2)n2c(nc3ccccc32)c1C#N. The second-order valence-corrected chi connectivity index (χ2v) is 7.38. The largest absolute Gasteiger partial charge is 0.286 e. The minimum absolute atomic E-state index is 0.684. The van der Waals surface area contributed by atoms with E-state index < -0.39 is 0 Å². The Kier molecular flexibility index (Phi) is 4.40. The van der Waals surface area contributed by atoms with Crippen molar-refractivity contribution in [2.45, 2.75) is 31.0 Å². The topological polar surface area (TPSA) is 41.1 Å². The first kappa shape index (κ1) is 16.7. The number of fused-ring (bicyclic) bond motifs is 3. The Bertz CT molecular complexity index is 1150. The van der Waals surface area contributed by atoms with Crippen LogP contribution in [0.4, 0.5) is 0 Å².